The number of H-pyrrole nitrogens is 1. The lowest BCUT2D eigenvalue weighted by molar-refractivity contribution is 0.454. The Kier molecular flexibility index (Phi) is 5.84. The molecule has 0 saturated carbocycles. The molecule has 0 radical (unpaired) electrons. The lowest BCUT2D eigenvalue weighted by atomic mass is 9.91. The standard InChI is InChI=1S/C26H26ClN3O/c1-15(2)21-13-19(14-22(16(3)4)25(21)31)26-29-23(17-5-7-20(27)8-6-17)24(30-26)18-9-11-28-12-10-18/h5-16,31H,1-4H3,(H,29,30). The molecule has 0 saturated heterocycles. The highest BCUT2D eigenvalue weighted by Gasteiger charge is 2.20. The topological polar surface area (TPSA) is 61.8 Å². The monoisotopic (exact) mass is 431 g/mol. The van der Waals surface area contributed by atoms with Gasteiger partial charge < -0.3 is 10.1 Å². The molecule has 2 aromatic heterocycles. The summed E-state index contributed by atoms with van der Waals surface area (Å²) in [6.07, 6.45) is 3.55. The number of nitrogens with zero attached hydrogens (tertiary/aromatic N) is 2. The van der Waals surface area contributed by atoms with E-state index in [-0.39, 0.29) is 11.8 Å². The van der Waals surface area contributed by atoms with Crippen LogP contribution >= 0.6 is 11.6 Å². The molecule has 0 unspecified atom stereocenters. The van der Waals surface area contributed by atoms with Gasteiger partial charge in [0.1, 0.15) is 11.6 Å². The van der Waals surface area contributed by atoms with E-state index in [1.54, 1.807) is 12.4 Å². The molecule has 0 bridgehead atoms. The van der Waals surface area contributed by atoms with Crippen molar-refractivity contribution in [3.63, 3.8) is 0 Å². The van der Waals surface area contributed by atoms with Crippen molar-refractivity contribution in [3.05, 3.63) is 77.1 Å². The van der Waals surface area contributed by atoms with E-state index in [1.807, 2.05) is 48.5 Å². The first-order valence-corrected chi connectivity index (χ1v) is 10.9. The van der Waals surface area contributed by atoms with Gasteiger partial charge in [-0.05, 0) is 59.4 Å². The van der Waals surface area contributed by atoms with Gasteiger partial charge in [0.15, 0.2) is 0 Å². The molecule has 2 N–H and O–H groups in total. The first-order chi connectivity index (χ1) is 14.8. The maximum absolute atomic E-state index is 10.8. The number of hydrogen-bond donors (Lipinski definition) is 2. The number of imidazole rings is 1. The molecule has 0 aliphatic carbocycles. The quantitative estimate of drug-likeness (QED) is 0.345. The third-order valence-corrected chi connectivity index (χ3v) is 5.73. The van der Waals surface area contributed by atoms with Crippen LogP contribution < -0.4 is 0 Å². The molecule has 4 nitrogen and oxygen atoms in total. The molecule has 0 amide bonds. The van der Waals surface area contributed by atoms with Gasteiger partial charge in [0.05, 0.1) is 11.4 Å². The summed E-state index contributed by atoms with van der Waals surface area (Å²) in [4.78, 5) is 12.7. The summed E-state index contributed by atoms with van der Waals surface area (Å²) < 4.78 is 0. The Morgan fingerprint density at radius 3 is 1.94 bits per heavy atom. The number of phenolic OH excluding ortho intramolecular Hbond substituents is 1. The SMILES string of the molecule is CC(C)c1cc(-c2nc(-c3ccc(Cl)cc3)c(-c3ccncc3)[nH]2)cc(C(C)C)c1O. The third-order valence-electron chi connectivity index (χ3n) is 5.48. The summed E-state index contributed by atoms with van der Waals surface area (Å²) in [7, 11) is 0. The molecule has 4 aromatic rings. The van der Waals surface area contributed by atoms with Gasteiger partial charge >= 0.3 is 0 Å². The summed E-state index contributed by atoms with van der Waals surface area (Å²) in [5.74, 6) is 1.54. The van der Waals surface area contributed by atoms with Crippen molar-refractivity contribution in [3.8, 4) is 39.7 Å². The van der Waals surface area contributed by atoms with Crippen molar-refractivity contribution < 1.29 is 5.11 Å². The largest absolute Gasteiger partial charge is 0.507 e. The summed E-state index contributed by atoms with van der Waals surface area (Å²) in [6, 6.07) is 15.7. The number of nitrogens with one attached hydrogen (secondary N) is 1. The summed E-state index contributed by atoms with van der Waals surface area (Å²) >= 11 is 6.11. The van der Waals surface area contributed by atoms with Crippen LogP contribution in [0, 0.1) is 0 Å². The third kappa shape index (κ3) is 4.21. The number of phenols is 1. The molecule has 0 atom stereocenters. The van der Waals surface area contributed by atoms with Gasteiger partial charge in [-0.2, -0.15) is 0 Å². The van der Waals surface area contributed by atoms with Crippen molar-refractivity contribution in [2.24, 2.45) is 0 Å². The number of pyridine rings is 1. The Bertz CT molecular complexity index is 1170. The van der Waals surface area contributed by atoms with E-state index in [0.29, 0.717) is 10.8 Å². The predicted molar refractivity (Wildman–Crippen MR) is 128 cm³/mol. The molecule has 0 aliphatic heterocycles. The van der Waals surface area contributed by atoms with Crippen LogP contribution in [0.1, 0.15) is 50.7 Å². The Balaban J connectivity index is 1.93. The fourth-order valence-corrected chi connectivity index (χ4v) is 3.88. The number of aromatic nitrogens is 3. The Labute approximate surface area is 188 Å². The van der Waals surface area contributed by atoms with Gasteiger partial charge in [-0.1, -0.05) is 51.4 Å². The highest BCUT2D eigenvalue weighted by molar-refractivity contribution is 6.30. The minimum atomic E-state index is 0.197. The van der Waals surface area contributed by atoms with Crippen LogP contribution in [-0.4, -0.2) is 20.1 Å². The second kappa shape index (κ2) is 8.56. The predicted octanol–water partition coefficient (Wildman–Crippen LogP) is 7.41. The van der Waals surface area contributed by atoms with Gasteiger partial charge in [0.2, 0.25) is 0 Å². The molecule has 0 aliphatic rings. The van der Waals surface area contributed by atoms with Crippen molar-refractivity contribution in [1.29, 1.82) is 0 Å². The molecular formula is C26H26ClN3O. The van der Waals surface area contributed by atoms with E-state index in [9.17, 15) is 5.11 Å². The summed E-state index contributed by atoms with van der Waals surface area (Å²) in [5.41, 5.74) is 6.57. The Morgan fingerprint density at radius 2 is 1.39 bits per heavy atom. The van der Waals surface area contributed by atoms with Gasteiger partial charge in [-0.25, -0.2) is 4.98 Å². The summed E-state index contributed by atoms with van der Waals surface area (Å²) in [5, 5.41) is 11.5. The van der Waals surface area contributed by atoms with Crippen LogP contribution in [0.2, 0.25) is 5.02 Å². The molecule has 5 heteroatoms. The maximum atomic E-state index is 10.8. The molecule has 0 fully saturated rings. The first kappa shape index (κ1) is 21.1. The average molecular weight is 432 g/mol. The van der Waals surface area contributed by atoms with Crippen LogP contribution in [0.5, 0.6) is 5.75 Å². The second-order valence-corrected chi connectivity index (χ2v) is 8.80. The van der Waals surface area contributed by atoms with Gasteiger partial charge in [0, 0.05) is 34.1 Å². The number of benzene rings is 2. The minimum Gasteiger partial charge on any atom is -0.507 e. The van der Waals surface area contributed by atoms with Crippen LogP contribution in [0.3, 0.4) is 0 Å². The van der Waals surface area contributed by atoms with E-state index in [4.69, 9.17) is 16.6 Å². The smallest absolute Gasteiger partial charge is 0.138 e. The lowest BCUT2D eigenvalue weighted by Gasteiger charge is -2.17. The zero-order valence-corrected chi connectivity index (χ0v) is 18.9. The van der Waals surface area contributed by atoms with Crippen LogP contribution in [0.4, 0.5) is 0 Å². The number of aromatic hydroxyl groups is 1. The van der Waals surface area contributed by atoms with Crippen molar-refractivity contribution in [2.75, 3.05) is 0 Å². The fourth-order valence-electron chi connectivity index (χ4n) is 3.75. The Morgan fingerprint density at radius 1 is 0.806 bits per heavy atom. The molecule has 31 heavy (non-hydrogen) atoms. The normalized spacial score (nSPS) is 11.5. The van der Waals surface area contributed by atoms with Crippen LogP contribution in [-0.2, 0) is 0 Å². The van der Waals surface area contributed by atoms with E-state index >= 15 is 0 Å². The zero-order valence-electron chi connectivity index (χ0n) is 18.1. The molecular weight excluding hydrogens is 406 g/mol. The van der Waals surface area contributed by atoms with Gasteiger partial charge in [0.25, 0.3) is 0 Å². The van der Waals surface area contributed by atoms with Crippen molar-refractivity contribution in [1.82, 2.24) is 15.0 Å². The van der Waals surface area contributed by atoms with Crippen molar-refractivity contribution in [2.45, 2.75) is 39.5 Å². The van der Waals surface area contributed by atoms with Gasteiger partial charge in [-0.15, -0.1) is 0 Å². The van der Waals surface area contributed by atoms with E-state index in [2.05, 4.69) is 37.7 Å². The summed E-state index contributed by atoms with van der Waals surface area (Å²) in [6.45, 7) is 8.36. The van der Waals surface area contributed by atoms with Crippen LogP contribution in [0.25, 0.3) is 33.9 Å². The Hall–Kier alpha value is -3.11. The fraction of sp³-hybridized carbons (Fsp3) is 0.231. The number of hydrogen-bond acceptors (Lipinski definition) is 3. The molecule has 158 valence electrons. The van der Waals surface area contributed by atoms with E-state index < -0.39 is 0 Å². The van der Waals surface area contributed by atoms with E-state index in [0.717, 1.165) is 45.0 Å². The average Bonchev–Trinajstić information content (AvgIpc) is 3.20. The minimum absolute atomic E-state index is 0.197. The lowest BCUT2D eigenvalue weighted by Crippen LogP contribution is -1.97. The second-order valence-electron chi connectivity index (χ2n) is 8.36. The van der Waals surface area contributed by atoms with Crippen LogP contribution in [0.15, 0.2) is 60.9 Å². The first-order valence-electron chi connectivity index (χ1n) is 10.5. The van der Waals surface area contributed by atoms with Crippen molar-refractivity contribution >= 4 is 11.6 Å². The molecule has 4 rings (SSSR count). The zero-order chi connectivity index (χ0) is 22.1. The number of halogens is 1. The highest BCUT2D eigenvalue weighted by atomic mass is 35.5. The molecule has 0 spiro atoms. The molecule has 2 heterocycles. The molecule has 2 aromatic carbocycles. The highest BCUT2D eigenvalue weighted by Crippen LogP contribution is 2.39. The van der Waals surface area contributed by atoms with Gasteiger partial charge in [-0.3, -0.25) is 4.98 Å². The van der Waals surface area contributed by atoms with E-state index in [1.165, 1.54) is 0 Å². The number of aromatic amines is 1. The maximum Gasteiger partial charge on any atom is 0.138 e. The number of rotatable bonds is 5.